The molecule has 0 spiro atoms. The number of nitrogens with zero attached hydrogens (tertiary/aromatic N) is 3. The van der Waals surface area contributed by atoms with Crippen LogP contribution in [-0.2, 0) is 4.74 Å². The largest absolute Gasteiger partial charge is 0.449 e. The zero-order valence-electron chi connectivity index (χ0n) is 12.5. The minimum absolute atomic E-state index is 0.0118. The quantitative estimate of drug-likeness (QED) is 0.927. The molecule has 2 atom stereocenters. The average Bonchev–Trinajstić information content (AvgIpc) is 2.80. The molecule has 7 heteroatoms. The minimum Gasteiger partial charge on any atom is -0.449 e. The van der Waals surface area contributed by atoms with E-state index in [1.54, 1.807) is 6.20 Å². The molecule has 0 aliphatic carbocycles. The first-order valence-electron chi connectivity index (χ1n) is 6.96. The van der Waals surface area contributed by atoms with Crippen molar-refractivity contribution in [3.05, 3.63) is 17.4 Å². The summed E-state index contributed by atoms with van der Waals surface area (Å²) >= 11 is 5.94. The van der Waals surface area contributed by atoms with Crippen LogP contribution in [0.1, 0.15) is 27.2 Å². The van der Waals surface area contributed by atoms with Crippen LogP contribution in [0.15, 0.2) is 12.3 Å². The van der Waals surface area contributed by atoms with Crippen molar-refractivity contribution in [2.24, 2.45) is 17.1 Å². The van der Waals surface area contributed by atoms with E-state index in [4.69, 9.17) is 22.1 Å². The summed E-state index contributed by atoms with van der Waals surface area (Å²) in [6.07, 6.45) is 1.91. The third kappa shape index (κ3) is 3.75. The molecule has 1 fully saturated rings. The molecule has 21 heavy (non-hydrogen) atoms. The lowest BCUT2D eigenvalue weighted by Gasteiger charge is -2.39. The number of carbonyl (C=O) groups excluding carboxylic acids is 1. The van der Waals surface area contributed by atoms with Crippen molar-refractivity contribution in [1.82, 2.24) is 10.2 Å². The molecule has 2 rings (SSSR count). The highest BCUT2D eigenvalue weighted by molar-refractivity contribution is 6.29. The van der Waals surface area contributed by atoms with E-state index in [0.29, 0.717) is 11.8 Å². The Bertz CT molecular complexity index is 518. The van der Waals surface area contributed by atoms with Gasteiger partial charge in [-0.1, -0.05) is 32.4 Å². The molecule has 0 saturated carbocycles. The predicted octanol–water partition coefficient (Wildman–Crippen LogP) is 2.47. The van der Waals surface area contributed by atoms with Crippen LogP contribution >= 0.6 is 11.6 Å². The molecule has 1 aliphatic heterocycles. The van der Waals surface area contributed by atoms with E-state index in [-0.39, 0.29) is 17.4 Å². The second-order valence-electron chi connectivity index (χ2n) is 6.42. The Hall–Kier alpha value is -1.56. The molecule has 1 saturated heterocycles. The van der Waals surface area contributed by atoms with Crippen LogP contribution in [0, 0.1) is 11.3 Å². The molecule has 0 radical (unpaired) electrons. The van der Waals surface area contributed by atoms with Gasteiger partial charge in [0.1, 0.15) is 0 Å². The van der Waals surface area contributed by atoms with Crippen LogP contribution in [0.4, 0.5) is 10.5 Å². The third-order valence-corrected chi connectivity index (χ3v) is 3.98. The number of amides is 1. The van der Waals surface area contributed by atoms with Gasteiger partial charge in [0.2, 0.25) is 0 Å². The molecule has 1 aliphatic rings. The van der Waals surface area contributed by atoms with Crippen molar-refractivity contribution in [1.29, 1.82) is 0 Å². The van der Waals surface area contributed by atoms with Crippen LogP contribution in [0.25, 0.3) is 0 Å². The molecular weight excluding hydrogens is 292 g/mol. The van der Waals surface area contributed by atoms with Gasteiger partial charge in [-0.3, -0.25) is 0 Å². The fraction of sp³-hybridized carbons (Fsp3) is 0.643. The standard InChI is InChI=1S/C14H21ClN4O2/c1-14(2,3)12-9(8-21-13(16)20)4-5-19(12)10-6-11(15)18-17-7-10/h6-7,9,12H,4-5,8H2,1-3H3,(H2,16,20)/t9?,12-/m1/s1. The number of ether oxygens (including phenoxy) is 1. The van der Waals surface area contributed by atoms with Crippen molar-refractivity contribution >= 4 is 23.4 Å². The summed E-state index contributed by atoms with van der Waals surface area (Å²) in [7, 11) is 0. The average molecular weight is 313 g/mol. The van der Waals surface area contributed by atoms with Crippen LogP contribution in [0.3, 0.4) is 0 Å². The van der Waals surface area contributed by atoms with Gasteiger partial charge >= 0.3 is 6.09 Å². The van der Waals surface area contributed by atoms with Gasteiger partial charge in [0.15, 0.2) is 5.15 Å². The van der Waals surface area contributed by atoms with Crippen LogP contribution in [-0.4, -0.2) is 35.5 Å². The number of halogens is 1. The van der Waals surface area contributed by atoms with Crippen molar-refractivity contribution in [2.45, 2.75) is 33.2 Å². The van der Waals surface area contributed by atoms with E-state index in [9.17, 15) is 4.79 Å². The van der Waals surface area contributed by atoms with Crippen molar-refractivity contribution in [2.75, 3.05) is 18.1 Å². The normalized spacial score (nSPS) is 22.4. The van der Waals surface area contributed by atoms with E-state index in [1.165, 1.54) is 0 Å². The summed E-state index contributed by atoms with van der Waals surface area (Å²) in [5.74, 6) is 0.226. The molecule has 0 aromatic carbocycles. The zero-order chi connectivity index (χ0) is 15.6. The molecule has 1 unspecified atom stereocenters. The summed E-state index contributed by atoms with van der Waals surface area (Å²) in [4.78, 5) is 13.1. The number of nitrogens with two attached hydrogens (primary N) is 1. The topological polar surface area (TPSA) is 81.3 Å². The van der Waals surface area contributed by atoms with Crippen molar-refractivity contribution < 1.29 is 9.53 Å². The van der Waals surface area contributed by atoms with E-state index < -0.39 is 6.09 Å². The van der Waals surface area contributed by atoms with Gasteiger partial charge in [-0.15, -0.1) is 5.10 Å². The first kappa shape index (κ1) is 15.8. The molecule has 1 amide bonds. The predicted molar refractivity (Wildman–Crippen MR) is 81.3 cm³/mol. The molecule has 2 heterocycles. The number of aromatic nitrogens is 2. The summed E-state index contributed by atoms with van der Waals surface area (Å²) in [5.41, 5.74) is 6.03. The molecule has 1 aromatic heterocycles. The number of hydrogen-bond acceptors (Lipinski definition) is 5. The SMILES string of the molecule is CC(C)(C)[C@H]1C(COC(N)=O)CCN1c1cnnc(Cl)c1. The summed E-state index contributed by atoms with van der Waals surface area (Å²) in [5, 5.41) is 8.07. The second kappa shape index (κ2) is 6.05. The van der Waals surface area contributed by atoms with Crippen LogP contribution < -0.4 is 10.6 Å². The lowest BCUT2D eigenvalue weighted by atomic mass is 9.79. The maximum atomic E-state index is 10.9. The fourth-order valence-corrected chi connectivity index (χ4v) is 3.33. The lowest BCUT2D eigenvalue weighted by Crippen LogP contribution is -2.44. The van der Waals surface area contributed by atoms with Gasteiger partial charge in [0.05, 0.1) is 18.5 Å². The maximum Gasteiger partial charge on any atom is 0.404 e. The van der Waals surface area contributed by atoms with Crippen LogP contribution in [0.2, 0.25) is 5.15 Å². The number of hydrogen-bond donors (Lipinski definition) is 1. The summed E-state index contributed by atoms with van der Waals surface area (Å²) in [6.45, 7) is 7.70. The molecule has 2 N–H and O–H groups in total. The fourth-order valence-electron chi connectivity index (χ4n) is 3.17. The van der Waals surface area contributed by atoms with E-state index in [2.05, 4.69) is 35.9 Å². The van der Waals surface area contributed by atoms with Gasteiger partial charge in [-0.2, -0.15) is 5.10 Å². The van der Waals surface area contributed by atoms with Gasteiger partial charge in [0.25, 0.3) is 0 Å². The minimum atomic E-state index is -0.727. The summed E-state index contributed by atoms with van der Waals surface area (Å²) in [6, 6.07) is 2.02. The number of anilines is 1. The first-order valence-corrected chi connectivity index (χ1v) is 7.34. The molecule has 116 valence electrons. The Morgan fingerprint density at radius 3 is 2.86 bits per heavy atom. The van der Waals surface area contributed by atoms with E-state index >= 15 is 0 Å². The van der Waals surface area contributed by atoms with E-state index in [1.807, 2.05) is 6.07 Å². The number of carbonyl (C=O) groups is 1. The number of rotatable bonds is 3. The molecular formula is C14H21ClN4O2. The van der Waals surface area contributed by atoms with Crippen molar-refractivity contribution in [3.8, 4) is 0 Å². The third-order valence-electron chi connectivity index (χ3n) is 3.79. The van der Waals surface area contributed by atoms with Gasteiger partial charge in [-0.05, 0) is 11.8 Å². The molecule has 6 nitrogen and oxygen atoms in total. The Morgan fingerprint density at radius 1 is 1.57 bits per heavy atom. The highest BCUT2D eigenvalue weighted by Gasteiger charge is 2.42. The maximum absolute atomic E-state index is 10.9. The Morgan fingerprint density at radius 2 is 2.29 bits per heavy atom. The lowest BCUT2D eigenvalue weighted by molar-refractivity contribution is 0.118. The molecule has 1 aromatic rings. The van der Waals surface area contributed by atoms with Gasteiger partial charge < -0.3 is 15.4 Å². The Labute approximate surface area is 129 Å². The van der Waals surface area contributed by atoms with Gasteiger partial charge in [0, 0.05) is 24.6 Å². The van der Waals surface area contributed by atoms with Gasteiger partial charge in [-0.25, -0.2) is 4.79 Å². The Balaban J connectivity index is 2.23. The smallest absolute Gasteiger partial charge is 0.404 e. The number of primary amides is 1. The molecule has 0 bridgehead atoms. The second-order valence-corrected chi connectivity index (χ2v) is 6.81. The zero-order valence-corrected chi connectivity index (χ0v) is 13.3. The highest BCUT2D eigenvalue weighted by Crippen LogP contribution is 2.40. The highest BCUT2D eigenvalue weighted by atomic mass is 35.5. The monoisotopic (exact) mass is 312 g/mol. The van der Waals surface area contributed by atoms with E-state index in [0.717, 1.165) is 18.7 Å². The first-order chi connectivity index (χ1) is 9.79. The summed E-state index contributed by atoms with van der Waals surface area (Å²) < 4.78 is 5.02. The van der Waals surface area contributed by atoms with Crippen LogP contribution in [0.5, 0.6) is 0 Å². The van der Waals surface area contributed by atoms with Crippen molar-refractivity contribution in [3.63, 3.8) is 0 Å². The Kier molecular flexibility index (Phi) is 4.56.